The van der Waals surface area contributed by atoms with E-state index in [2.05, 4.69) is 26.1 Å². The number of hydrogen-bond donors (Lipinski definition) is 1. The van der Waals surface area contributed by atoms with E-state index in [1.807, 2.05) is 6.07 Å². The molecule has 2 aliphatic carbocycles. The van der Waals surface area contributed by atoms with Gasteiger partial charge in [-0.25, -0.2) is 0 Å². The minimum absolute atomic E-state index is 0.154. The van der Waals surface area contributed by atoms with E-state index in [0.717, 1.165) is 11.6 Å². The van der Waals surface area contributed by atoms with Crippen LogP contribution in [0.15, 0.2) is 24.3 Å². The molecule has 0 spiro atoms. The fraction of sp³-hybridized carbons (Fsp3) is 0.625. The molecule has 2 fully saturated rings. The van der Waals surface area contributed by atoms with Gasteiger partial charge in [0.05, 0.1) is 4.92 Å². The first-order chi connectivity index (χ1) is 9.33. The van der Waals surface area contributed by atoms with E-state index >= 15 is 0 Å². The van der Waals surface area contributed by atoms with Crippen molar-refractivity contribution < 1.29 is 4.92 Å². The highest BCUT2D eigenvalue weighted by atomic mass is 16.6. The van der Waals surface area contributed by atoms with E-state index in [4.69, 9.17) is 0 Å². The third kappa shape index (κ3) is 1.89. The summed E-state index contributed by atoms with van der Waals surface area (Å²) in [5.74, 6) is 0.767. The van der Waals surface area contributed by atoms with Crippen molar-refractivity contribution in [2.75, 3.05) is 5.32 Å². The van der Waals surface area contributed by atoms with Crippen molar-refractivity contribution in [2.24, 2.45) is 16.7 Å². The van der Waals surface area contributed by atoms with Gasteiger partial charge in [0.2, 0.25) is 0 Å². The molecular formula is C16H22N2O2. The summed E-state index contributed by atoms with van der Waals surface area (Å²) >= 11 is 0. The first-order valence-electron chi connectivity index (χ1n) is 7.34. The van der Waals surface area contributed by atoms with E-state index in [9.17, 15) is 10.1 Å². The van der Waals surface area contributed by atoms with Gasteiger partial charge >= 0.3 is 0 Å². The van der Waals surface area contributed by atoms with Crippen LogP contribution in [0, 0.1) is 26.9 Å². The van der Waals surface area contributed by atoms with Crippen LogP contribution in [-0.2, 0) is 0 Å². The predicted molar refractivity (Wildman–Crippen MR) is 79.7 cm³/mol. The van der Waals surface area contributed by atoms with Gasteiger partial charge in [0.15, 0.2) is 0 Å². The second-order valence-electron chi connectivity index (χ2n) is 7.30. The second kappa shape index (κ2) is 4.21. The number of benzene rings is 1. The lowest BCUT2D eigenvalue weighted by molar-refractivity contribution is -0.384. The van der Waals surface area contributed by atoms with Crippen LogP contribution in [0.1, 0.15) is 40.0 Å². The Morgan fingerprint density at radius 3 is 2.70 bits per heavy atom. The summed E-state index contributed by atoms with van der Waals surface area (Å²) in [6, 6.07) is 7.25. The van der Waals surface area contributed by atoms with Crippen molar-refractivity contribution in [3.05, 3.63) is 34.4 Å². The maximum absolute atomic E-state index is 10.9. The van der Waals surface area contributed by atoms with E-state index in [1.54, 1.807) is 18.2 Å². The molecule has 4 nitrogen and oxygen atoms in total. The molecule has 3 atom stereocenters. The lowest BCUT2D eigenvalue weighted by Crippen LogP contribution is -2.45. The number of non-ortho nitro benzene ring substituents is 1. The van der Waals surface area contributed by atoms with Gasteiger partial charge in [0, 0.05) is 23.9 Å². The molecule has 4 heteroatoms. The van der Waals surface area contributed by atoms with Gasteiger partial charge in [-0.05, 0) is 42.1 Å². The smallest absolute Gasteiger partial charge is 0.271 e. The van der Waals surface area contributed by atoms with Crippen LogP contribution in [0.4, 0.5) is 11.4 Å². The normalized spacial score (nSPS) is 34.1. The van der Waals surface area contributed by atoms with Crippen molar-refractivity contribution in [3.8, 4) is 0 Å². The van der Waals surface area contributed by atoms with Gasteiger partial charge < -0.3 is 5.32 Å². The molecule has 0 amide bonds. The zero-order valence-corrected chi connectivity index (χ0v) is 12.3. The second-order valence-corrected chi connectivity index (χ2v) is 7.30. The van der Waals surface area contributed by atoms with Crippen LogP contribution in [0.5, 0.6) is 0 Å². The van der Waals surface area contributed by atoms with Crippen LogP contribution >= 0.6 is 0 Å². The zero-order chi connectivity index (χ0) is 14.5. The first kappa shape index (κ1) is 13.4. The highest BCUT2D eigenvalue weighted by molar-refractivity contribution is 5.52. The van der Waals surface area contributed by atoms with Crippen LogP contribution in [-0.4, -0.2) is 11.0 Å². The van der Waals surface area contributed by atoms with Crippen LogP contribution in [0.3, 0.4) is 0 Å². The molecule has 2 saturated carbocycles. The molecule has 0 saturated heterocycles. The summed E-state index contributed by atoms with van der Waals surface area (Å²) < 4.78 is 0. The number of rotatable bonds is 3. The van der Waals surface area contributed by atoms with Gasteiger partial charge in [-0.2, -0.15) is 0 Å². The number of anilines is 1. The Hall–Kier alpha value is -1.58. The highest BCUT2D eigenvalue weighted by Gasteiger charge is 2.59. The van der Waals surface area contributed by atoms with Gasteiger partial charge in [0.25, 0.3) is 5.69 Å². The van der Waals surface area contributed by atoms with E-state index in [1.165, 1.54) is 19.3 Å². The average molecular weight is 274 g/mol. The maximum Gasteiger partial charge on any atom is 0.271 e. The molecule has 1 N–H and O–H groups in total. The molecule has 2 aliphatic rings. The van der Waals surface area contributed by atoms with Crippen LogP contribution in [0.25, 0.3) is 0 Å². The lowest BCUT2D eigenvalue weighted by Gasteiger charge is -2.43. The Labute approximate surface area is 119 Å². The molecule has 0 heterocycles. The molecule has 3 rings (SSSR count). The SMILES string of the molecule is CC1(C)C(Nc2cccc([N+](=O)[O-])c2)[C@]2(C)CC[C@H]1C2. The predicted octanol–water partition coefficient (Wildman–Crippen LogP) is 4.22. The van der Waals surface area contributed by atoms with Gasteiger partial charge in [-0.3, -0.25) is 10.1 Å². The van der Waals surface area contributed by atoms with Gasteiger partial charge in [-0.15, -0.1) is 0 Å². The molecule has 20 heavy (non-hydrogen) atoms. The summed E-state index contributed by atoms with van der Waals surface area (Å²) in [5.41, 5.74) is 1.59. The maximum atomic E-state index is 10.9. The Kier molecular flexibility index (Phi) is 2.82. The summed E-state index contributed by atoms with van der Waals surface area (Å²) in [6.07, 6.45) is 3.84. The van der Waals surface area contributed by atoms with Crippen molar-refractivity contribution >= 4 is 11.4 Å². The number of nitrogens with zero attached hydrogens (tertiary/aromatic N) is 1. The van der Waals surface area contributed by atoms with Gasteiger partial charge in [0.1, 0.15) is 0 Å². The van der Waals surface area contributed by atoms with E-state index in [0.29, 0.717) is 11.5 Å². The van der Waals surface area contributed by atoms with Crippen molar-refractivity contribution in [3.63, 3.8) is 0 Å². The minimum Gasteiger partial charge on any atom is -0.381 e. The monoisotopic (exact) mass is 274 g/mol. The number of nitro benzene ring substituents is 1. The molecular weight excluding hydrogens is 252 g/mol. The summed E-state index contributed by atoms with van der Waals surface area (Å²) in [6.45, 7) is 7.02. The third-order valence-corrected chi connectivity index (χ3v) is 5.64. The fourth-order valence-corrected chi connectivity index (χ4v) is 4.54. The van der Waals surface area contributed by atoms with Crippen molar-refractivity contribution in [1.82, 2.24) is 0 Å². The van der Waals surface area contributed by atoms with E-state index in [-0.39, 0.29) is 16.0 Å². The molecule has 2 bridgehead atoms. The topological polar surface area (TPSA) is 55.2 Å². The van der Waals surface area contributed by atoms with Crippen molar-refractivity contribution in [2.45, 2.75) is 46.1 Å². The average Bonchev–Trinajstić information content (AvgIpc) is 2.86. The highest BCUT2D eigenvalue weighted by Crippen LogP contribution is 2.63. The van der Waals surface area contributed by atoms with Crippen LogP contribution < -0.4 is 5.32 Å². The van der Waals surface area contributed by atoms with Gasteiger partial charge in [-0.1, -0.05) is 26.8 Å². The third-order valence-electron chi connectivity index (χ3n) is 5.64. The Bertz CT molecular complexity index is 550. The van der Waals surface area contributed by atoms with E-state index < -0.39 is 0 Å². The zero-order valence-electron chi connectivity index (χ0n) is 12.3. The first-order valence-corrected chi connectivity index (χ1v) is 7.34. The number of hydrogen-bond acceptors (Lipinski definition) is 3. The van der Waals surface area contributed by atoms with Crippen molar-refractivity contribution in [1.29, 1.82) is 0 Å². The molecule has 0 aliphatic heterocycles. The Balaban J connectivity index is 1.87. The fourth-order valence-electron chi connectivity index (χ4n) is 4.54. The number of fused-ring (bicyclic) bond motifs is 2. The summed E-state index contributed by atoms with van der Waals surface area (Å²) in [5, 5.41) is 14.5. The molecule has 1 aromatic rings. The Morgan fingerprint density at radius 1 is 1.35 bits per heavy atom. The number of nitrogens with one attached hydrogen (secondary N) is 1. The Morgan fingerprint density at radius 2 is 2.10 bits per heavy atom. The van der Waals surface area contributed by atoms with Crippen LogP contribution in [0.2, 0.25) is 0 Å². The standard InChI is InChI=1S/C16H22N2O2/c1-15(2)11-7-8-16(3,10-11)14(15)17-12-5-4-6-13(9-12)18(19)20/h4-6,9,11,14,17H,7-8,10H2,1-3H3/t11-,14?,16+/m0/s1. The lowest BCUT2D eigenvalue weighted by atomic mass is 9.68. The quantitative estimate of drug-likeness (QED) is 0.663. The molecule has 1 unspecified atom stereocenters. The molecule has 108 valence electrons. The molecule has 0 aromatic heterocycles. The largest absolute Gasteiger partial charge is 0.381 e. The minimum atomic E-state index is -0.334. The summed E-state index contributed by atoms with van der Waals surface area (Å²) in [4.78, 5) is 10.6. The molecule has 0 radical (unpaired) electrons. The number of nitro groups is 1. The summed E-state index contributed by atoms with van der Waals surface area (Å²) in [7, 11) is 0. The molecule has 1 aromatic carbocycles.